The van der Waals surface area contributed by atoms with Crippen LogP contribution in [-0.4, -0.2) is 26.2 Å². The van der Waals surface area contributed by atoms with Crippen LogP contribution in [-0.2, 0) is 19.1 Å². The summed E-state index contributed by atoms with van der Waals surface area (Å²) >= 11 is 0. The Morgan fingerprint density at radius 3 is 1.76 bits per heavy atom. The minimum atomic E-state index is -0.866. The summed E-state index contributed by atoms with van der Waals surface area (Å²) in [6, 6.07) is 0. The highest BCUT2D eigenvalue weighted by molar-refractivity contribution is 5.94. The van der Waals surface area contributed by atoms with Crippen molar-refractivity contribution in [3.63, 3.8) is 0 Å². The summed E-state index contributed by atoms with van der Waals surface area (Å²) in [5, 5.41) is 0. The van der Waals surface area contributed by atoms with Gasteiger partial charge in [-0.05, 0) is 25.2 Å². The van der Waals surface area contributed by atoms with Gasteiger partial charge in [-0.25, -0.2) is 0 Å². The molecule has 4 heteroatoms. The maximum Gasteiger partial charge on any atom is 0.320 e. The van der Waals surface area contributed by atoms with E-state index in [4.69, 9.17) is 0 Å². The summed E-state index contributed by atoms with van der Waals surface area (Å²) in [4.78, 5) is 23.0. The van der Waals surface area contributed by atoms with Crippen molar-refractivity contribution in [2.24, 2.45) is 11.8 Å². The van der Waals surface area contributed by atoms with Crippen LogP contribution < -0.4 is 0 Å². The molecule has 0 aliphatic carbocycles. The zero-order valence-electron chi connectivity index (χ0n) is 10.5. The van der Waals surface area contributed by atoms with Crippen LogP contribution in [0.25, 0.3) is 0 Å². The fourth-order valence-corrected chi connectivity index (χ4v) is 1.67. The third-order valence-corrected chi connectivity index (χ3v) is 2.54. The summed E-state index contributed by atoms with van der Waals surface area (Å²) in [5.41, 5.74) is 0. The van der Waals surface area contributed by atoms with E-state index in [0.29, 0.717) is 6.42 Å². The zero-order chi connectivity index (χ0) is 13.3. The van der Waals surface area contributed by atoms with Crippen LogP contribution in [0.15, 0.2) is 25.3 Å². The van der Waals surface area contributed by atoms with Crippen LogP contribution in [0.4, 0.5) is 0 Å². The molecule has 0 spiro atoms. The molecule has 0 N–H and O–H groups in total. The van der Waals surface area contributed by atoms with Crippen molar-refractivity contribution in [2.75, 3.05) is 14.2 Å². The van der Waals surface area contributed by atoms with E-state index in [-0.39, 0.29) is 5.92 Å². The van der Waals surface area contributed by atoms with Crippen LogP contribution in [0.2, 0.25) is 0 Å². The predicted octanol–water partition coefficient (Wildman–Crippen LogP) is 2.11. The van der Waals surface area contributed by atoms with E-state index >= 15 is 0 Å². The minimum absolute atomic E-state index is 0.146. The van der Waals surface area contributed by atoms with Crippen molar-refractivity contribution >= 4 is 11.9 Å². The summed E-state index contributed by atoms with van der Waals surface area (Å²) in [6.45, 7) is 7.31. The number of hydrogen-bond acceptors (Lipinski definition) is 4. The molecular weight excluding hydrogens is 220 g/mol. The normalized spacial score (nSPS) is 10.1. The Morgan fingerprint density at radius 1 is 1.06 bits per heavy atom. The maximum absolute atomic E-state index is 11.5. The second kappa shape index (κ2) is 8.56. The maximum atomic E-state index is 11.5. The summed E-state index contributed by atoms with van der Waals surface area (Å²) in [6.07, 6.45) is 5.35. The SMILES string of the molecule is C=CCC(CC=C)CC(C(=O)OC)C(=O)OC. The van der Waals surface area contributed by atoms with Gasteiger partial charge >= 0.3 is 11.9 Å². The van der Waals surface area contributed by atoms with Crippen LogP contribution in [0.1, 0.15) is 19.3 Å². The van der Waals surface area contributed by atoms with E-state index in [9.17, 15) is 9.59 Å². The smallest absolute Gasteiger partial charge is 0.320 e. The van der Waals surface area contributed by atoms with Gasteiger partial charge in [0, 0.05) is 0 Å². The van der Waals surface area contributed by atoms with Crippen molar-refractivity contribution in [2.45, 2.75) is 19.3 Å². The second-order valence-corrected chi connectivity index (χ2v) is 3.75. The molecule has 0 aromatic heterocycles. The minimum Gasteiger partial charge on any atom is -0.468 e. The fourth-order valence-electron chi connectivity index (χ4n) is 1.67. The topological polar surface area (TPSA) is 52.6 Å². The molecule has 0 rings (SSSR count). The van der Waals surface area contributed by atoms with Crippen molar-refractivity contribution in [3.05, 3.63) is 25.3 Å². The molecule has 0 aromatic carbocycles. The number of allylic oxidation sites excluding steroid dienone is 2. The standard InChI is InChI=1S/C13H20O4/c1-5-7-10(8-6-2)9-11(12(14)16-3)13(15)17-4/h5-6,10-11H,1-2,7-9H2,3-4H3. The fraction of sp³-hybridized carbons (Fsp3) is 0.538. The molecule has 0 unspecified atom stereocenters. The number of ether oxygens (including phenoxy) is 2. The molecular formula is C13H20O4. The summed E-state index contributed by atoms with van der Waals surface area (Å²) < 4.78 is 9.20. The molecule has 0 heterocycles. The van der Waals surface area contributed by atoms with Crippen LogP contribution in [0, 0.1) is 11.8 Å². The van der Waals surface area contributed by atoms with E-state index in [2.05, 4.69) is 22.6 Å². The Bertz CT molecular complexity index is 257. The number of carbonyl (C=O) groups is 2. The first-order valence-corrected chi connectivity index (χ1v) is 5.48. The van der Waals surface area contributed by atoms with Gasteiger partial charge in [0.05, 0.1) is 14.2 Å². The highest BCUT2D eigenvalue weighted by Gasteiger charge is 2.30. The lowest BCUT2D eigenvalue weighted by atomic mass is 9.89. The van der Waals surface area contributed by atoms with E-state index in [1.807, 2.05) is 0 Å². The lowest BCUT2D eigenvalue weighted by Gasteiger charge is -2.18. The molecule has 0 aliphatic heterocycles. The number of rotatable bonds is 8. The number of esters is 2. The number of hydrogen-bond donors (Lipinski definition) is 0. The van der Waals surface area contributed by atoms with E-state index in [1.54, 1.807) is 12.2 Å². The van der Waals surface area contributed by atoms with Gasteiger partial charge in [0.25, 0.3) is 0 Å². The molecule has 0 radical (unpaired) electrons. The quantitative estimate of drug-likeness (QED) is 0.370. The van der Waals surface area contributed by atoms with Crippen molar-refractivity contribution in [1.82, 2.24) is 0 Å². The van der Waals surface area contributed by atoms with Gasteiger partial charge in [0.1, 0.15) is 0 Å². The van der Waals surface area contributed by atoms with Gasteiger partial charge in [-0.15, -0.1) is 13.2 Å². The highest BCUT2D eigenvalue weighted by Crippen LogP contribution is 2.22. The molecule has 0 aromatic rings. The lowest BCUT2D eigenvalue weighted by Crippen LogP contribution is -2.28. The number of methoxy groups -OCH3 is 2. The Balaban J connectivity index is 4.68. The van der Waals surface area contributed by atoms with Crippen molar-refractivity contribution < 1.29 is 19.1 Å². The second-order valence-electron chi connectivity index (χ2n) is 3.75. The Kier molecular flexibility index (Phi) is 7.76. The van der Waals surface area contributed by atoms with Gasteiger partial charge in [-0.2, -0.15) is 0 Å². The molecule has 96 valence electrons. The van der Waals surface area contributed by atoms with Gasteiger partial charge in [0.2, 0.25) is 0 Å². The van der Waals surface area contributed by atoms with Crippen LogP contribution in [0.5, 0.6) is 0 Å². The zero-order valence-corrected chi connectivity index (χ0v) is 10.5. The molecule has 0 saturated carbocycles. The molecule has 0 fully saturated rings. The van der Waals surface area contributed by atoms with Crippen LogP contribution in [0.3, 0.4) is 0 Å². The van der Waals surface area contributed by atoms with E-state index in [0.717, 1.165) is 12.8 Å². The average Bonchev–Trinajstić information content (AvgIpc) is 2.34. The highest BCUT2D eigenvalue weighted by atomic mass is 16.5. The summed E-state index contributed by atoms with van der Waals surface area (Å²) in [7, 11) is 2.52. The molecule has 17 heavy (non-hydrogen) atoms. The Morgan fingerprint density at radius 2 is 1.47 bits per heavy atom. The average molecular weight is 240 g/mol. The predicted molar refractivity (Wildman–Crippen MR) is 65.3 cm³/mol. The van der Waals surface area contributed by atoms with Crippen LogP contribution >= 0.6 is 0 Å². The summed E-state index contributed by atoms with van der Waals surface area (Å²) in [5.74, 6) is -1.84. The lowest BCUT2D eigenvalue weighted by molar-refractivity contribution is -0.159. The Labute approximate surface area is 102 Å². The van der Waals surface area contributed by atoms with Gasteiger partial charge in [-0.3, -0.25) is 9.59 Å². The third kappa shape index (κ3) is 5.33. The molecule has 4 nitrogen and oxygen atoms in total. The molecule has 0 amide bonds. The monoisotopic (exact) mass is 240 g/mol. The van der Waals surface area contributed by atoms with Crippen molar-refractivity contribution in [1.29, 1.82) is 0 Å². The first-order valence-electron chi connectivity index (χ1n) is 5.48. The number of carbonyl (C=O) groups excluding carboxylic acids is 2. The third-order valence-electron chi connectivity index (χ3n) is 2.54. The molecule has 0 saturated heterocycles. The molecule has 0 bridgehead atoms. The largest absolute Gasteiger partial charge is 0.468 e. The van der Waals surface area contributed by atoms with Gasteiger partial charge in [-0.1, -0.05) is 12.2 Å². The first-order chi connectivity index (χ1) is 8.10. The van der Waals surface area contributed by atoms with Crippen molar-refractivity contribution in [3.8, 4) is 0 Å². The molecule has 0 atom stereocenters. The van der Waals surface area contributed by atoms with Gasteiger partial charge < -0.3 is 9.47 Å². The molecule has 0 aliphatic rings. The van der Waals surface area contributed by atoms with Gasteiger partial charge in [0.15, 0.2) is 5.92 Å². The van der Waals surface area contributed by atoms with E-state index in [1.165, 1.54) is 14.2 Å². The first kappa shape index (κ1) is 15.4. The Hall–Kier alpha value is -1.58. The van der Waals surface area contributed by atoms with E-state index < -0.39 is 17.9 Å².